The molecule has 0 aromatic carbocycles. The summed E-state index contributed by atoms with van der Waals surface area (Å²) in [6.45, 7) is 2.88. The van der Waals surface area contributed by atoms with Gasteiger partial charge >= 0.3 is 0 Å². The number of thioether (sulfide) groups is 1. The van der Waals surface area contributed by atoms with Crippen molar-refractivity contribution in [2.75, 3.05) is 29.6 Å². The SMILES string of the molecule is CCNc1ccc(CSCCS(C)(=O)=O)cn1. The highest BCUT2D eigenvalue weighted by atomic mass is 32.2. The van der Waals surface area contributed by atoms with E-state index in [2.05, 4.69) is 10.3 Å². The van der Waals surface area contributed by atoms with Crippen LogP contribution in [-0.2, 0) is 15.6 Å². The topological polar surface area (TPSA) is 59.1 Å². The maximum absolute atomic E-state index is 10.9. The Bertz CT molecular complexity index is 429. The van der Waals surface area contributed by atoms with Crippen molar-refractivity contribution in [3.05, 3.63) is 23.9 Å². The summed E-state index contributed by atoms with van der Waals surface area (Å²) in [4.78, 5) is 4.25. The molecule has 0 unspecified atom stereocenters. The molecule has 0 bridgehead atoms. The fraction of sp³-hybridized carbons (Fsp3) is 0.545. The number of aromatic nitrogens is 1. The number of sulfone groups is 1. The van der Waals surface area contributed by atoms with Crippen molar-refractivity contribution in [3.8, 4) is 0 Å². The Morgan fingerprint density at radius 2 is 2.18 bits per heavy atom. The number of hydrogen-bond donors (Lipinski definition) is 1. The van der Waals surface area contributed by atoms with Crippen molar-refractivity contribution in [2.24, 2.45) is 0 Å². The minimum absolute atomic E-state index is 0.237. The van der Waals surface area contributed by atoms with E-state index in [9.17, 15) is 8.42 Å². The van der Waals surface area contributed by atoms with E-state index in [1.165, 1.54) is 6.26 Å². The average Bonchev–Trinajstić information content (AvgIpc) is 2.26. The second-order valence-electron chi connectivity index (χ2n) is 3.76. The summed E-state index contributed by atoms with van der Waals surface area (Å²) >= 11 is 1.61. The van der Waals surface area contributed by atoms with E-state index in [0.29, 0.717) is 5.75 Å². The Labute approximate surface area is 107 Å². The Morgan fingerprint density at radius 3 is 2.71 bits per heavy atom. The minimum Gasteiger partial charge on any atom is -0.370 e. The first-order chi connectivity index (χ1) is 8.01. The van der Waals surface area contributed by atoms with Crippen LogP contribution in [0.15, 0.2) is 18.3 Å². The van der Waals surface area contributed by atoms with E-state index in [4.69, 9.17) is 0 Å². The van der Waals surface area contributed by atoms with Crippen molar-refractivity contribution >= 4 is 27.4 Å². The van der Waals surface area contributed by atoms with Crippen LogP contribution in [0.25, 0.3) is 0 Å². The van der Waals surface area contributed by atoms with Gasteiger partial charge in [-0.1, -0.05) is 6.07 Å². The molecular weight excluding hydrogens is 256 g/mol. The first-order valence-electron chi connectivity index (χ1n) is 5.45. The fourth-order valence-electron chi connectivity index (χ4n) is 1.20. The Hall–Kier alpha value is -0.750. The van der Waals surface area contributed by atoms with Crippen LogP contribution in [0.1, 0.15) is 12.5 Å². The van der Waals surface area contributed by atoms with Crippen molar-refractivity contribution in [1.82, 2.24) is 4.98 Å². The lowest BCUT2D eigenvalue weighted by molar-refractivity contribution is 0.603. The van der Waals surface area contributed by atoms with Gasteiger partial charge in [0.2, 0.25) is 0 Å². The number of nitrogens with one attached hydrogen (secondary N) is 1. The number of hydrogen-bond acceptors (Lipinski definition) is 5. The minimum atomic E-state index is -2.84. The predicted molar refractivity (Wildman–Crippen MR) is 74.3 cm³/mol. The maximum atomic E-state index is 10.9. The van der Waals surface area contributed by atoms with Gasteiger partial charge < -0.3 is 5.32 Å². The van der Waals surface area contributed by atoms with Gasteiger partial charge in [-0.15, -0.1) is 0 Å². The van der Waals surface area contributed by atoms with E-state index in [1.54, 1.807) is 11.8 Å². The van der Waals surface area contributed by atoms with E-state index in [1.807, 2.05) is 25.3 Å². The number of rotatable bonds is 7. The molecule has 0 atom stereocenters. The van der Waals surface area contributed by atoms with Gasteiger partial charge in [0.05, 0.1) is 5.75 Å². The molecule has 1 N–H and O–H groups in total. The standard InChI is InChI=1S/C11H18N2O2S2/c1-3-12-11-5-4-10(8-13-11)9-16-6-7-17(2,14)15/h4-5,8H,3,6-7,9H2,1-2H3,(H,12,13). The summed E-state index contributed by atoms with van der Waals surface area (Å²) in [5, 5.41) is 3.12. The molecule has 1 rings (SSSR count). The maximum Gasteiger partial charge on any atom is 0.148 e. The van der Waals surface area contributed by atoms with Crippen molar-refractivity contribution in [2.45, 2.75) is 12.7 Å². The zero-order chi connectivity index (χ0) is 12.7. The van der Waals surface area contributed by atoms with Crippen molar-refractivity contribution in [3.63, 3.8) is 0 Å². The molecular formula is C11H18N2O2S2. The molecule has 0 aliphatic rings. The molecule has 0 aliphatic carbocycles. The Balaban J connectivity index is 2.32. The molecule has 0 amide bonds. The van der Waals surface area contributed by atoms with Crippen LogP contribution in [0.3, 0.4) is 0 Å². The molecule has 6 heteroatoms. The number of nitrogens with zero attached hydrogens (tertiary/aromatic N) is 1. The van der Waals surface area contributed by atoms with Crippen LogP contribution in [-0.4, -0.2) is 37.7 Å². The van der Waals surface area contributed by atoms with Crippen LogP contribution in [0.5, 0.6) is 0 Å². The normalized spacial score (nSPS) is 11.4. The van der Waals surface area contributed by atoms with Crippen LogP contribution in [0, 0.1) is 0 Å². The van der Waals surface area contributed by atoms with Gasteiger partial charge in [-0.05, 0) is 18.6 Å². The quantitative estimate of drug-likeness (QED) is 0.768. The molecule has 96 valence electrons. The average molecular weight is 274 g/mol. The van der Waals surface area contributed by atoms with Crippen LogP contribution < -0.4 is 5.32 Å². The fourth-order valence-corrected chi connectivity index (χ4v) is 3.43. The molecule has 0 saturated heterocycles. The number of anilines is 1. The monoisotopic (exact) mass is 274 g/mol. The van der Waals surface area contributed by atoms with Crippen molar-refractivity contribution in [1.29, 1.82) is 0 Å². The smallest absolute Gasteiger partial charge is 0.148 e. The summed E-state index contributed by atoms with van der Waals surface area (Å²) < 4.78 is 21.9. The van der Waals surface area contributed by atoms with E-state index in [0.717, 1.165) is 23.7 Å². The highest BCUT2D eigenvalue weighted by Gasteiger charge is 2.02. The Morgan fingerprint density at radius 1 is 1.41 bits per heavy atom. The molecule has 1 aromatic heterocycles. The second kappa shape index (κ2) is 6.86. The lowest BCUT2D eigenvalue weighted by Gasteiger charge is -2.04. The van der Waals surface area contributed by atoms with Gasteiger partial charge in [0, 0.05) is 30.5 Å². The highest BCUT2D eigenvalue weighted by Crippen LogP contribution is 2.13. The van der Waals surface area contributed by atoms with Crippen LogP contribution in [0.2, 0.25) is 0 Å². The molecule has 0 radical (unpaired) electrons. The summed E-state index contributed by atoms with van der Waals surface area (Å²) in [5.74, 6) is 2.54. The first-order valence-corrected chi connectivity index (χ1v) is 8.67. The lowest BCUT2D eigenvalue weighted by atomic mass is 10.3. The third kappa shape index (κ3) is 6.53. The largest absolute Gasteiger partial charge is 0.370 e. The number of pyridine rings is 1. The molecule has 0 fully saturated rings. The molecule has 17 heavy (non-hydrogen) atoms. The van der Waals surface area contributed by atoms with Gasteiger partial charge in [-0.2, -0.15) is 11.8 Å². The van der Waals surface area contributed by atoms with Crippen molar-refractivity contribution < 1.29 is 8.42 Å². The molecule has 1 aromatic rings. The van der Waals surface area contributed by atoms with Crippen LogP contribution >= 0.6 is 11.8 Å². The molecule has 4 nitrogen and oxygen atoms in total. The predicted octanol–water partition coefficient (Wildman–Crippen LogP) is 1.79. The van der Waals surface area contributed by atoms with E-state index in [-0.39, 0.29) is 5.75 Å². The zero-order valence-corrected chi connectivity index (χ0v) is 11.8. The molecule has 0 saturated carbocycles. The second-order valence-corrected chi connectivity index (χ2v) is 7.13. The Kier molecular flexibility index (Phi) is 5.77. The van der Waals surface area contributed by atoms with E-state index < -0.39 is 9.84 Å². The summed E-state index contributed by atoms with van der Waals surface area (Å²) in [5.41, 5.74) is 1.12. The van der Waals surface area contributed by atoms with Gasteiger partial charge in [0.1, 0.15) is 15.7 Å². The van der Waals surface area contributed by atoms with Crippen LogP contribution in [0.4, 0.5) is 5.82 Å². The van der Waals surface area contributed by atoms with Gasteiger partial charge in [-0.25, -0.2) is 13.4 Å². The summed E-state index contributed by atoms with van der Waals surface area (Å²) in [6, 6.07) is 3.95. The third-order valence-electron chi connectivity index (χ3n) is 2.05. The summed E-state index contributed by atoms with van der Waals surface area (Å²) in [7, 11) is -2.84. The van der Waals surface area contributed by atoms with E-state index >= 15 is 0 Å². The third-order valence-corrected chi connectivity index (χ3v) is 4.28. The first kappa shape index (κ1) is 14.3. The molecule has 0 aliphatic heterocycles. The highest BCUT2D eigenvalue weighted by molar-refractivity contribution is 7.99. The van der Waals surface area contributed by atoms with Gasteiger partial charge in [0.15, 0.2) is 0 Å². The summed E-state index contributed by atoms with van der Waals surface area (Å²) in [6.07, 6.45) is 3.09. The zero-order valence-electron chi connectivity index (χ0n) is 10.1. The van der Waals surface area contributed by atoms with Gasteiger partial charge in [-0.3, -0.25) is 0 Å². The van der Waals surface area contributed by atoms with Gasteiger partial charge in [0.25, 0.3) is 0 Å². The molecule has 0 spiro atoms. The lowest BCUT2D eigenvalue weighted by Crippen LogP contribution is -2.05. The molecule has 1 heterocycles.